The fourth-order valence-corrected chi connectivity index (χ4v) is 4.04. The summed E-state index contributed by atoms with van der Waals surface area (Å²) in [6.07, 6.45) is -3.58. The van der Waals surface area contributed by atoms with Crippen molar-refractivity contribution in [3.05, 3.63) is 33.1 Å². The zero-order valence-electron chi connectivity index (χ0n) is 33.7. The molecular weight excluding hydrogens is 766 g/mol. The summed E-state index contributed by atoms with van der Waals surface area (Å²) < 4.78 is 30.6. The molecular formula is C29H68N6O17P2. The molecule has 25 heteroatoms. The minimum Gasteiger partial charge on any atom is -0.790 e. The minimum absolute atomic E-state index is 0.281. The number of aliphatic hydroxyl groups excluding tert-OH is 7. The Morgan fingerprint density at radius 2 is 0.981 bits per heavy atom. The van der Waals surface area contributed by atoms with E-state index in [2.05, 4.69) is 88.9 Å². The third-order valence-corrected chi connectivity index (χ3v) is 7.53. The molecule has 23 nitrogen and oxygen atoms in total. The van der Waals surface area contributed by atoms with Gasteiger partial charge in [0.05, 0.1) is 133 Å². The molecule has 0 radical (unpaired) electrons. The van der Waals surface area contributed by atoms with Gasteiger partial charge in [-0.1, -0.05) is 0 Å². The van der Waals surface area contributed by atoms with Crippen molar-refractivity contribution in [1.29, 1.82) is 0 Å². The molecule has 1 aliphatic heterocycles. The van der Waals surface area contributed by atoms with Gasteiger partial charge in [0, 0.05) is 12.3 Å². The van der Waals surface area contributed by atoms with Gasteiger partial charge in [0.25, 0.3) is 5.56 Å². The van der Waals surface area contributed by atoms with E-state index in [0.717, 1.165) is 60.9 Å². The summed E-state index contributed by atoms with van der Waals surface area (Å²) in [5.41, 5.74) is -1.33. The highest BCUT2D eigenvalue weighted by Crippen LogP contribution is 2.42. The summed E-state index contributed by atoms with van der Waals surface area (Å²) in [6, 6.07) is 1.09. The van der Waals surface area contributed by atoms with Crippen molar-refractivity contribution in [2.24, 2.45) is 0 Å². The smallest absolute Gasteiger partial charge is 0.330 e. The number of quaternary nitrogens is 4. The van der Waals surface area contributed by atoms with Gasteiger partial charge in [-0.3, -0.25) is 14.3 Å². The molecule has 2 heterocycles. The van der Waals surface area contributed by atoms with Crippen LogP contribution in [0, 0.1) is 0 Å². The SMILES string of the molecule is C[N+](C)(C)CCO.C[N+](C)(C)CCO.C[N+](C)(C)CCO.C[N+](C)(C)CCO.O=P([O-])([O-])OP(=O)([O-])[O-].O=c1ccn([C@@H]2O[C@H](CO)[C@@H](O)[C@H]2O)c(=O)[nH]1. The first-order valence-corrected chi connectivity index (χ1v) is 19.3. The van der Waals surface area contributed by atoms with E-state index in [-0.39, 0.29) is 26.4 Å². The van der Waals surface area contributed by atoms with Crippen LogP contribution in [0.5, 0.6) is 0 Å². The zero-order valence-corrected chi connectivity index (χ0v) is 35.5. The lowest BCUT2D eigenvalue weighted by Crippen LogP contribution is -2.37. The first-order valence-electron chi connectivity index (χ1n) is 16.3. The van der Waals surface area contributed by atoms with Crippen LogP contribution in [-0.2, 0) is 18.2 Å². The van der Waals surface area contributed by atoms with E-state index in [0.29, 0.717) is 0 Å². The molecule has 0 amide bonds. The zero-order chi connectivity index (χ0) is 43.9. The van der Waals surface area contributed by atoms with Gasteiger partial charge in [0.1, 0.15) is 44.5 Å². The highest BCUT2D eigenvalue weighted by molar-refractivity contribution is 7.57. The standard InChI is InChI=1S/C9H12N2O6.4C5H14NO.H4O7P2/c12-3-4-6(14)7(15)8(17-4)11-2-1-5(13)10-9(11)16;4*1-6(2,3)4-5-7;1-8(2,3)7-9(4,5)6/h1-2,4,6-8,12,14-15H,3H2,(H,10,13,16);4*7H,4-5H2,1-3H3;(H2,1,2,3)(H2,4,5,6)/q;4*+1;/p-4/t4-,6-,7-,8-;;;;;/m1...../s1. The summed E-state index contributed by atoms with van der Waals surface area (Å²) in [7, 11) is 13.3. The van der Waals surface area contributed by atoms with Gasteiger partial charge >= 0.3 is 5.69 Å². The molecule has 0 saturated carbocycles. The highest BCUT2D eigenvalue weighted by Gasteiger charge is 2.43. The molecule has 54 heavy (non-hydrogen) atoms. The monoisotopic (exact) mass is 834 g/mol. The van der Waals surface area contributed by atoms with Crippen molar-refractivity contribution in [2.45, 2.75) is 24.5 Å². The Labute approximate surface area is 317 Å². The predicted octanol–water partition coefficient (Wildman–Crippen LogP) is -7.45. The fourth-order valence-electron chi connectivity index (χ4n) is 3.06. The van der Waals surface area contributed by atoms with Crippen molar-refractivity contribution < 1.29 is 91.4 Å². The van der Waals surface area contributed by atoms with Crippen LogP contribution in [0.3, 0.4) is 0 Å². The molecule has 1 fully saturated rings. The maximum atomic E-state index is 11.4. The minimum atomic E-state index is -5.68. The van der Waals surface area contributed by atoms with Crippen molar-refractivity contribution in [1.82, 2.24) is 9.55 Å². The number of hydrogen-bond acceptors (Lipinski definition) is 17. The molecule has 1 aromatic rings. The van der Waals surface area contributed by atoms with E-state index in [1.165, 1.54) is 0 Å². The largest absolute Gasteiger partial charge is 0.790 e. The number of likely N-dealkylation sites (N-methyl/N-ethyl adjacent to an activating group) is 4. The molecule has 0 aliphatic carbocycles. The molecule has 0 unspecified atom stereocenters. The van der Waals surface area contributed by atoms with Gasteiger partial charge in [0.2, 0.25) is 0 Å². The van der Waals surface area contributed by atoms with Crippen molar-refractivity contribution in [2.75, 3.05) is 144 Å². The van der Waals surface area contributed by atoms with Crippen LogP contribution in [0.15, 0.2) is 21.9 Å². The molecule has 0 spiro atoms. The van der Waals surface area contributed by atoms with E-state index in [1.807, 2.05) is 4.98 Å². The summed E-state index contributed by atoms with van der Waals surface area (Å²) >= 11 is 0. The molecule has 1 aliphatic rings. The molecule has 2 rings (SSSR count). The number of nitrogens with one attached hydrogen (secondary N) is 1. The van der Waals surface area contributed by atoms with E-state index < -0.39 is 58.0 Å². The maximum Gasteiger partial charge on any atom is 0.330 e. The number of nitrogens with zero attached hydrogens (tertiary/aromatic N) is 5. The van der Waals surface area contributed by atoms with E-state index in [4.69, 9.17) is 30.3 Å². The summed E-state index contributed by atoms with van der Waals surface area (Å²) in [5.74, 6) is 0. The van der Waals surface area contributed by atoms with Gasteiger partial charge in [0.15, 0.2) is 6.23 Å². The van der Waals surface area contributed by atoms with Crippen molar-refractivity contribution in [3.8, 4) is 0 Å². The normalized spacial score (nSPS) is 18.9. The summed E-state index contributed by atoms with van der Waals surface area (Å²) in [4.78, 5) is 61.6. The molecule has 1 aromatic heterocycles. The Morgan fingerprint density at radius 1 is 0.667 bits per heavy atom. The average Bonchev–Trinajstić information content (AvgIpc) is 3.19. The number of rotatable bonds is 12. The van der Waals surface area contributed by atoms with Crippen molar-refractivity contribution >= 4 is 15.6 Å². The molecule has 0 bridgehead atoms. The Bertz CT molecular complexity index is 1230. The first-order chi connectivity index (χ1) is 24.0. The molecule has 0 aromatic carbocycles. The Morgan fingerprint density at radius 3 is 1.15 bits per heavy atom. The third-order valence-electron chi connectivity index (χ3n) is 5.93. The van der Waals surface area contributed by atoms with Crippen LogP contribution >= 0.6 is 15.6 Å². The summed E-state index contributed by atoms with van der Waals surface area (Å²) in [6.45, 7) is 3.98. The van der Waals surface area contributed by atoms with Gasteiger partial charge in [-0.15, -0.1) is 0 Å². The Kier molecular flexibility index (Phi) is 29.8. The van der Waals surface area contributed by atoms with Gasteiger partial charge < -0.3 is 91.4 Å². The topological polar surface area (TPSA) is 341 Å². The van der Waals surface area contributed by atoms with Crippen LogP contribution < -0.4 is 30.8 Å². The highest BCUT2D eigenvalue weighted by atomic mass is 31.3. The number of aromatic nitrogens is 2. The number of hydrogen-bond donors (Lipinski definition) is 8. The number of aliphatic hydroxyl groups is 7. The second-order valence-electron chi connectivity index (χ2n) is 15.7. The fraction of sp³-hybridized carbons (Fsp3) is 0.862. The lowest BCUT2D eigenvalue weighted by Gasteiger charge is -2.39. The molecule has 8 N–H and O–H groups in total. The number of ether oxygens (including phenoxy) is 1. The maximum absolute atomic E-state index is 11.4. The third kappa shape index (κ3) is 40.1. The molecule has 326 valence electrons. The Hall–Kier alpha value is -1.54. The van der Waals surface area contributed by atoms with Gasteiger partial charge in [-0.05, 0) is 0 Å². The number of H-pyrrole nitrogens is 1. The van der Waals surface area contributed by atoms with Gasteiger partial charge in [-0.25, -0.2) is 4.79 Å². The quantitative estimate of drug-likeness (QED) is 0.0716. The molecule has 4 atom stereocenters. The second-order valence-corrected chi connectivity index (χ2v) is 18.1. The van der Waals surface area contributed by atoms with E-state index in [1.54, 1.807) is 0 Å². The predicted molar refractivity (Wildman–Crippen MR) is 191 cm³/mol. The number of phosphoric acid groups is 2. The van der Waals surface area contributed by atoms with E-state index in [9.17, 15) is 48.5 Å². The lowest BCUT2D eigenvalue weighted by atomic mass is 10.1. The average molecular weight is 835 g/mol. The van der Waals surface area contributed by atoms with Crippen molar-refractivity contribution in [3.63, 3.8) is 0 Å². The van der Waals surface area contributed by atoms with Crippen LogP contribution in [0.2, 0.25) is 0 Å². The molecule has 1 saturated heterocycles. The number of aromatic amines is 1. The first kappa shape index (κ1) is 59.2. The van der Waals surface area contributed by atoms with Gasteiger partial charge in [-0.2, -0.15) is 0 Å². The second kappa shape index (κ2) is 27.2. The van der Waals surface area contributed by atoms with Crippen LogP contribution in [-0.4, -0.2) is 225 Å². The van der Waals surface area contributed by atoms with Crippen LogP contribution in [0.25, 0.3) is 0 Å². The van der Waals surface area contributed by atoms with E-state index >= 15 is 0 Å². The lowest BCUT2D eigenvalue weighted by molar-refractivity contribution is -0.870. The van der Waals surface area contributed by atoms with Crippen LogP contribution in [0.1, 0.15) is 6.23 Å². The Balaban J connectivity index is -0.000000294. The van der Waals surface area contributed by atoms with Crippen LogP contribution in [0.4, 0.5) is 0 Å². The summed E-state index contributed by atoms with van der Waals surface area (Å²) in [5, 5.41) is 61.6.